The minimum atomic E-state index is -0.708. The molecule has 0 spiro atoms. The molecule has 34 heavy (non-hydrogen) atoms. The van der Waals surface area contributed by atoms with Crippen molar-refractivity contribution < 1.29 is 33.5 Å². The van der Waals surface area contributed by atoms with E-state index in [0.29, 0.717) is 5.69 Å². The van der Waals surface area contributed by atoms with Crippen molar-refractivity contribution in [2.24, 2.45) is 0 Å². The maximum absolute atomic E-state index is 12.8. The molecule has 1 saturated heterocycles. The van der Waals surface area contributed by atoms with E-state index in [1.54, 1.807) is 51.1 Å². The average Bonchev–Trinajstić information content (AvgIpc) is 3.06. The minimum absolute atomic E-state index is 0.0216. The molecule has 11 heteroatoms. The Kier molecular flexibility index (Phi) is 7.46. The molecule has 178 valence electrons. The molecular weight excluding hydrogens is 446 g/mol. The number of nitrogens with one attached hydrogen (secondary N) is 1. The van der Waals surface area contributed by atoms with Crippen LogP contribution in [0.3, 0.4) is 0 Å². The maximum atomic E-state index is 12.8. The number of nitrogens with zero attached hydrogens (tertiary/aromatic N) is 2. The van der Waals surface area contributed by atoms with Gasteiger partial charge in [0.2, 0.25) is 5.75 Å². The van der Waals surface area contributed by atoms with Crippen LogP contribution < -0.4 is 19.9 Å². The lowest BCUT2D eigenvalue weighted by atomic mass is 10.1. The quantitative estimate of drug-likeness (QED) is 0.195. The number of ether oxygens (including phenoxy) is 3. The monoisotopic (exact) mass is 469 g/mol. The second-order valence-electron chi connectivity index (χ2n) is 7.36. The fraction of sp³-hybridized carbons (Fsp3) is 0.261. The highest BCUT2D eigenvalue weighted by Gasteiger charge is 2.35. The van der Waals surface area contributed by atoms with E-state index < -0.39 is 35.0 Å². The Hall–Kier alpha value is -4.41. The molecule has 0 saturated carbocycles. The first kappa shape index (κ1) is 24.2. The summed E-state index contributed by atoms with van der Waals surface area (Å²) >= 11 is 0. The topological polar surface area (TPSA) is 137 Å². The van der Waals surface area contributed by atoms with Gasteiger partial charge in [0.15, 0.2) is 12.4 Å². The van der Waals surface area contributed by atoms with Gasteiger partial charge in [-0.2, -0.15) is 0 Å². The number of nitro benzene ring substituents is 1. The van der Waals surface area contributed by atoms with E-state index in [9.17, 15) is 24.5 Å². The number of para-hydroxylation sites is 1. The Morgan fingerprint density at radius 1 is 1.18 bits per heavy atom. The number of anilines is 1. The van der Waals surface area contributed by atoms with Crippen LogP contribution in [0, 0.1) is 10.1 Å². The lowest BCUT2D eigenvalue weighted by Gasteiger charge is -2.14. The molecule has 2 aromatic carbocycles. The van der Waals surface area contributed by atoms with Crippen molar-refractivity contribution in [1.29, 1.82) is 0 Å². The van der Waals surface area contributed by atoms with Gasteiger partial charge in [-0.15, -0.1) is 0 Å². The highest BCUT2D eigenvalue weighted by molar-refractivity contribution is 6.31. The molecule has 11 nitrogen and oxygen atoms in total. The van der Waals surface area contributed by atoms with E-state index in [2.05, 4.69) is 5.43 Å². The molecule has 0 bridgehead atoms. The number of amides is 2. The highest BCUT2D eigenvalue weighted by Crippen LogP contribution is 2.39. The SMILES string of the molecule is CCOc1cc(/C=C2/C(=O)NN(c3ccccc3)C2=O)cc([N+](=O)[O-])c1OCC(=O)OC(C)C. The van der Waals surface area contributed by atoms with Crippen LogP contribution in [0.15, 0.2) is 48.0 Å². The predicted molar refractivity (Wildman–Crippen MR) is 121 cm³/mol. The largest absolute Gasteiger partial charge is 0.490 e. The average molecular weight is 469 g/mol. The summed E-state index contributed by atoms with van der Waals surface area (Å²) in [5.41, 5.74) is 2.38. The standard InChI is InChI=1S/C23H23N3O8/c1-4-32-19-12-15(11-18(26(30)31)21(19)33-13-20(27)34-14(2)3)10-17-22(28)24-25(23(17)29)16-8-6-5-7-9-16/h5-12,14H,4,13H2,1-3H3,(H,24,28)/b17-10-. The van der Waals surface area contributed by atoms with Gasteiger partial charge in [0.1, 0.15) is 5.57 Å². The van der Waals surface area contributed by atoms with E-state index >= 15 is 0 Å². The number of carbonyl (C=O) groups excluding carboxylic acids is 3. The third kappa shape index (κ3) is 5.49. The second-order valence-corrected chi connectivity index (χ2v) is 7.36. The normalized spacial score (nSPS) is 14.4. The first-order valence-corrected chi connectivity index (χ1v) is 10.4. The Morgan fingerprint density at radius 3 is 2.50 bits per heavy atom. The first-order chi connectivity index (χ1) is 16.2. The van der Waals surface area contributed by atoms with E-state index in [1.165, 1.54) is 12.1 Å². The van der Waals surface area contributed by atoms with Crippen molar-refractivity contribution in [2.75, 3.05) is 18.2 Å². The smallest absolute Gasteiger partial charge is 0.344 e. The van der Waals surface area contributed by atoms with Gasteiger partial charge in [0, 0.05) is 6.07 Å². The summed E-state index contributed by atoms with van der Waals surface area (Å²) in [5.74, 6) is -2.26. The highest BCUT2D eigenvalue weighted by atomic mass is 16.6. The molecule has 0 aromatic heterocycles. The summed E-state index contributed by atoms with van der Waals surface area (Å²) in [4.78, 5) is 48.1. The van der Waals surface area contributed by atoms with Gasteiger partial charge in [0.25, 0.3) is 11.8 Å². The molecule has 2 aromatic rings. The predicted octanol–water partition coefficient (Wildman–Crippen LogP) is 2.79. The van der Waals surface area contributed by atoms with E-state index in [0.717, 1.165) is 11.1 Å². The first-order valence-electron chi connectivity index (χ1n) is 10.4. The van der Waals surface area contributed by atoms with Gasteiger partial charge in [-0.3, -0.25) is 25.1 Å². The van der Waals surface area contributed by atoms with Crippen molar-refractivity contribution in [3.63, 3.8) is 0 Å². The fourth-order valence-corrected chi connectivity index (χ4v) is 3.15. The zero-order valence-electron chi connectivity index (χ0n) is 18.8. The zero-order chi connectivity index (χ0) is 24.8. The molecule has 2 amide bonds. The van der Waals surface area contributed by atoms with Crippen LogP contribution in [0.2, 0.25) is 0 Å². The van der Waals surface area contributed by atoms with Gasteiger partial charge < -0.3 is 14.2 Å². The molecule has 1 fully saturated rings. The minimum Gasteiger partial charge on any atom is -0.490 e. The Morgan fingerprint density at radius 2 is 1.88 bits per heavy atom. The summed E-state index contributed by atoms with van der Waals surface area (Å²) in [5, 5.41) is 12.8. The van der Waals surface area contributed by atoms with Gasteiger partial charge in [-0.05, 0) is 50.6 Å². The number of hydrogen-bond donors (Lipinski definition) is 1. The molecule has 1 N–H and O–H groups in total. The van der Waals surface area contributed by atoms with Crippen molar-refractivity contribution in [3.05, 3.63) is 63.7 Å². The van der Waals surface area contributed by atoms with Crippen LogP contribution in [0.5, 0.6) is 11.5 Å². The lowest BCUT2D eigenvalue weighted by Crippen LogP contribution is -2.35. The third-order valence-corrected chi connectivity index (χ3v) is 4.47. The van der Waals surface area contributed by atoms with E-state index in [1.807, 2.05) is 0 Å². The van der Waals surface area contributed by atoms with E-state index in [-0.39, 0.29) is 35.3 Å². The molecule has 3 rings (SSSR count). The van der Waals surface area contributed by atoms with Crippen LogP contribution >= 0.6 is 0 Å². The van der Waals surface area contributed by atoms with Gasteiger partial charge in [-0.25, -0.2) is 9.80 Å². The summed E-state index contributed by atoms with van der Waals surface area (Å²) in [6.07, 6.45) is 0.851. The molecule has 1 aliphatic heterocycles. The Bertz CT molecular complexity index is 1140. The summed E-state index contributed by atoms with van der Waals surface area (Å²) in [7, 11) is 0. The molecule has 0 unspecified atom stereocenters. The Labute approximate surface area is 195 Å². The second kappa shape index (κ2) is 10.5. The maximum Gasteiger partial charge on any atom is 0.344 e. The van der Waals surface area contributed by atoms with Gasteiger partial charge in [0.05, 0.1) is 23.3 Å². The number of hydrazine groups is 1. The number of esters is 1. The lowest BCUT2D eigenvalue weighted by molar-refractivity contribution is -0.385. The number of benzene rings is 2. The molecule has 0 aliphatic carbocycles. The van der Waals surface area contributed by atoms with Crippen LogP contribution in [-0.2, 0) is 19.1 Å². The molecule has 0 atom stereocenters. The summed E-state index contributed by atoms with van der Waals surface area (Å²) in [6, 6.07) is 11.0. The third-order valence-electron chi connectivity index (χ3n) is 4.47. The fourth-order valence-electron chi connectivity index (χ4n) is 3.15. The number of hydrogen-bond acceptors (Lipinski definition) is 8. The van der Waals surface area contributed by atoms with Crippen molar-refractivity contribution in [2.45, 2.75) is 26.9 Å². The van der Waals surface area contributed by atoms with Crippen molar-refractivity contribution in [1.82, 2.24) is 5.43 Å². The Balaban J connectivity index is 1.96. The van der Waals surface area contributed by atoms with Gasteiger partial charge in [-0.1, -0.05) is 18.2 Å². The number of rotatable bonds is 9. The van der Waals surface area contributed by atoms with Gasteiger partial charge >= 0.3 is 11.7 Å². The van der Waals surface area contributed by atoms with E-state index in [4.69, 9.17) is 14.2 Å². The number of nitro groups is 1. The molecule has 0 radical (unpaired) electrons. The summed E-state index contributed by atoms with van der Waals surface area (Å²) in [6.45, 7) is 4.57. The van der Waals surface area contributed by atoms with Crippen LogP contribution in [0.25, 0.3) is 6.08 Å². The van der Waals surface area contributed by atoms with Crippen LogP contribution in [0.1, 0.15) is 26.3 Å². The molecule has 1 heterocycles. The summed E-state index contributed by atoms with van der Waals surface area (Å²) < 4.78 is 15.8. The van der Waals surface area contributed by atoms with Crippen molar-refractivity contribution >= 4 is 35.2 Å². The number of carbonyl (C=O) groups is 3. The van der Waals surface area contributed by atoms with Crippen molar-refractivity contribution in [3.8, 4) is 11.5 Å². The molecular formula is C23H23N3O8. The van der Waals surface area contributed by atoms with Crippen LogP contribution in [0.4, 0.5) is 11.4 Å². The molecule has 1 aliphatic rings. The zero-order valence-corrected chi connectivity index (χ0v) is 18.8. The van der Waals surface area contributed by atoms with Crippen LogP contribution in [-0.4, -0.2) is 42.0 Å².